The third-order valence-corrected chi connectivity index (χ3v) is 4.40. The van der Waals surface area contributed by atoms with Crippen molar-refractivity contribution < 1.29 is 0 Å². The lowest BCUT2D eigenvalue weighted by Gasteiger charge is -2.19. The zero-order valence-corrected chi connectivity index (χ0v) is 10.2. The van der Waals surface area contributed by atoms with Crippen molar-refractivity contribution >= 4 is 17.4 Å². The Kier molecular flexibility index (Phi) is 2.73. The molecule has 1 atom stereocenters. The molecule has 0 aromatic carbocycles. The van der Waals surface area contributed by atoms with Crippen LogP contribution in [0.4, 0.5) is 0 Å². The Bertz CT molecular complexity index is 578. The summed E-state index contributed by atoms with van der Waals surface area (Å²) < 4.78 is 1.96. The van der Waals surface area contributed by atoms with Gasteiger partial charge in [-0.1, -0.05) is 6.42 Å². The lowest BCUT2D eigenvalue weighted by atomic mass is 10.2. The number of hydrogen-bond acceptors (Lipinski definition) is 4. The molecule has 1 saturated heterocycles. The van der Waals surface area contributed by atoms with Crippen LogP contribution in [-0.2, 0) is 0 Å². The van der Waals surface area contributed by atoms with Gasteiger partial charge < -0.3 is 0 Å². The lowest BCUT2D eigenvalue weighted by Crippen LogP contribution is -2.06. The van der Waals surface area contributed by atoms with Gasteiger partial charge in [-0.15, -0.1) is 10.2 Å². The molecule has 5 heteroatoms. The van der Waals surface area contributed by atoms with E-state index in [4.69, 9.17) is 5.26 Å². The maximum Gasteiger partial charge on any atom is 0.160 e. The predicted molar refractivity (Wildman–Crippen MR) is 66.8 cm³/mol. The van der Waals surface area contributed by atoms with Crippen molar-refractivity contribution in [2.75, 3.05) is 5.75 Å². The first kappa shape index (κ1) is 10.6. The fourth-order valence-electron chi connectivity index (χ4n) is 2.14. The van der Waals surface area contributed by atoms with E-state index in [1.807, 2.05) is 28.4 Å². The summed E-state index contributed by atoms with van der Waals surface area (Å²) in [6.45, 7) is 0. The van der Waals surface area contributed by atoms with Crippen LogP contribution in [0.25, 0.3) is 5.65 Å². The Morgan fingerprint density at radius 1 is 1.35 bits per heavy atom. The van der Waals surface area contributed by atoms with Crippen molar-refractivity contribution in [3.63, 3.8) is 0 Å². The molecule has 0 N–H and O–H groups in total. The molecule has 0 aliphatic carbocycles. The Labute approximate surface area is 104 Å². The van der Waals surface area contributed by atoms with Crippen LogP contribution < -0.4 is 0 Å². The molecule has 0 radical (unpaired) electrons. The van der Waals surface area contributed by atoms with E-state index in [9.17, 15) is 0 Å². The predicted octanol–water partition coefficient (Wildman–Crippen LogP) is 2.56. The van der Waals surface area contributed by atoms with Gasteiger partial charge in [-0.2, -0.15) is 17.0 Å². The van der Waals surface area contributed by atoms with Gasteiger partial charge in [0.25, 0.3) is 0 Å². The molecule has 0 saturated carbocycles. The summed E-state index contributed by atoms with van der Waals surface area (Å²) in [5.41, 5.74) is 1.48. The molecule has 1 aliphatic rings. The number of hydrogen-bond donors (Lipinski definition) is 0. The largest absolute Gasteiger partial charge is 0.284 e. The molecular formula is C12H12N4S. The SMILES string of the molecule is N#Cc1ccc2nnc(C3CCCCS3)n2c1. The maximum atomic E-state index is 8.93. The first-order valence-corrected chi connectivity index (χ1v) is 6.80. The number of nitriles is 1. The number of nitrogens with zero attached hydrogens (tertiary/aromatic N) is 4. The van der Waals surface area contributed by atoms with Gasteiger partial charge in [0, 0.05) is 6.20 Å². The van der Waals surface area contributed by atoms with Crippen LogP contribution in [0.1, 0.15) is 35.9 Å². The molecule has 0 bridgehead atoms. The summed E-state index contributed by atoms with van der Waals surface area (Å²) in [7, 11) is 0. The van der Waals surface area contributed by atoms with Gasteiger partial charge in [0.05, 0.1) is 10.8 Å². The Balaban J connectivity index is 2.06. The van der Waals surface area contributed by atoms with Crippen molar-refractivity contribution in [2.24, 2.45) is 0 Å². The van der Waals surface area contributed by atoms with Crippen LogP contribution in [0.15, 0.2) is 18.3 Å². The van der Waals surface area contributed by atoms with Gasteiger partial charge in [-0.3, -0.25) is 4.40 Å². The number of rotatable bonds is 1. The topological polar surface area (TPSA) is 54.0 Å². The van der Waals surface area contributed by atoms with E-state index in [1.165, 1.54) is 18.6 Å². The molecule has 4 nitrogen and oxygen atoms in total. The van der Waals surface area contributed by atoms with E-state index >= 15 is 0 Å². The summed E-state index contributed by atoms with van der Waals surface area (Å²) in [6.07, 6.45) is 5.54. The molecule has 0 spiro atoms. The Morgan fingerprint density at radius 2 is 2.29 bits per heavy atom. The molecular weight excluding hydrogens is 232 g/mol. The second kappa shape index (κ2) is 4.38. The van der Waals surface area contributed by atoms with Crippen molar-refractivity contribution in [1.29, 1.82) is 5.26 Å². The zero-order valence-electron chi connectivity index (χ0n) is 9.33. The van der Waals surface area contributed by atoms with Crippen molar-refractivity contribution in [3.05, 3.63) is 29.7 Å². The highest BCUT2D eigenvalue weighted by Crippen LogP contribution is 2.37. The van der Waals surface area contributed by atoms with Crippen LogP contribution in [0.3, 0.4) is 0 Å². The molecule has 86 valence electrons. The highest BCUT2D eigenvalue weighted by molar-refractivity contribution is 7.99. The van der Waals surface area contributed by atoms with Gasteiger partial charge in [0.15, 0.2) is 11.5 Å². The number of fused-ring (bicyclic) bond motifs is 1. The summed E-state index contributed by atoms with van der Waals surface area (Å²) in [5, 5.41) is 17.8. The van der Waals surface area contributed by atoms with E-state index in [2.05, 4.69) is 16.3 Å². The van der Waals surface area contributed by atoms with Crippen LogP contribution >= 0.6 is 11.8 Å². The summed E-state index contributed by atoms with van der Waals surface area (Å²) in [6, 6.07) is 5.79. The molecule has 1 fully saturated rings. The molecule has 1 unspecified atom stereocenters. The van der Waals surface area contributed by atoms with Crippen molar-refractivity contribution in [2.45, 2.75) is 24.5 Å². The average Bonchev–Trinajstić information content (AvgIpc) is 2.82. The van der Waals surface area contributed by atoms with Crippen LogP contribution in [0, 0.1) is 11.3 Å². The smallest absolute Gasteiger partial charge is 0.160 e. The first-order chi connectivity index (χ1) is 8.38. The van der Waals surface area contributed by atoms with Gasteiger partial charge >= 0.3 is 0 Å². The van der Waals surface area contributed by atoms with E-state index < -0.39 is 0 Å². The number of thioether (sulfide) groups is 1. The van der Waals surface area contributed by atoms with Gasteiger partial charge in [0.2, 0.25) is 0 Å². The van der Waals surface area contributed by atoms with E-state index in [0.29, 0.717) is 10.8 Å². The molecule has 1 aliphatic heterocycles. The summed E-state index contributed by atoms with van der Waals surface area (Å²) >= 11 is 1.94. The second-order valence-electron chi connectivity index (χ2n) is 4.17. The van der Waals surface area contributed by atoms with E-state index in [1.54, 1.807) is 6.07 Å². The summed E-state index contributed by atoms with van der Waals surface area (Å²) in [4.78, 5) is 0. The molecule has 3 rings (SSSR count). The van der Waals surface area contributed by atoms with Crippen molar-refractivity contribution in [3.8, 4) is 6.07 Å². The fraction of sp³-hybridized carbons (Fsp3) is 0.417. The van der Waals surface area contributed by atoms with Gasteiger partial charge in [0.1, 0.15) is 6.07 Å². The normalized spacial score (nSPS) is 20.3. The molecule has 2 aromatic heterocycles. The Morgan fingerprint density at radius 3 is 3.06 bits per heavy atom. The molecule has 3 heterocycles. The minimum atomic E-state index is 0.424. The quantitative estimate of drug-likeness (QED) is 0.773. The minimum absolute atomic E-state index is 0.424. The Hall–Kier alpha value is -1.54. The number of pyridine rings is 1. The maximum absolute atomic E-state index is 8.93. The highest BCUT2D eigenvalue weighted by atomic mass is 32.2. The third kappa shape index (κ3) is 1.89. The third-order valence-electron chi connectivity index (χ3n) is 3.03. The lowest BCUT2D eigenvalue weighted by molar-refractivity contribution is 0.657. The zero-order chi connectivity index (χ0) is 11.7. The fourth-order valence-corrected chi connectivity index (χ4v) is 3.44. The molecule has 2 aromatic rings. The standard InChI is InChI=1S/C12H12N4S/c13-7-9-4-5-11-14-15-12(16(11)8-9)10-3-1-2-6-17-10/h4-5,8,10H,1-3,6H2. The highest BCUT2D eigenvalue weighted by Gasteiger charge is 2.21. The molecule has 0 amide bonds. The monoisotopic (exact) mass is 244 g/mol. The molecule has 17 heavy (non-hydrogen) atoms. The summed E-state index contributed by atoms with van der Waals surface area (Å²) in [5.74, 6) is 2.18. The minimum Gasteiger partial charge on any atom is -0.284 e. The van der Waals surface area contributed by atoms with Crippen LogP contribution in [-0.4, -0.2) is 20.4 Å². The van der Waals surface area contributed by atoms with E-state index in [0.717, 1.165) is 17.9 Å². The van der Waals surface area contributed by atoms with Crippen LogP contribution in [0.5, 0.6) is 0 Å². The van der Waals surface area contributed by atoms with E-state index in [-0.39, 0.29) is 0 Å². The second-order valence-corrected chi connectivity index (χ2v) is 5.48. The van der Waals surface area contributed by atoms with Gasteiger partial charge in [-0.05, 0) is 30.7 Å². The van der Waals surface area contributed by atoms with Gasteiger partial charge in [-0.25, -0.2) is 0 Å². The first-order valence-electron chi connectivity index (χ1n) is 5.75. The van der Waals surface area contributed by atoms with Crippen molar-refractivity contribution in [1.82, 2.24) is 14.6 Å². The number of aromatic nitrogens is 3. The van der Waals surface area contributed by atoms with Crippen LogP contribution in [0.2, 0.25) is 0 Å². The average molecular weight is 244 g/mol.